The van der Waals surface area contributed by atoms with Crippen LogP contribution in [0.4, 0.5) is 0 Å². The number of carbonyl (C=O) groups is 2. The zero-order valence-electron chi connectivity index (χ0n) is 55.0. The normalized spacial score (nSPS) is 12.6. The summed E-state index contributed by atoms with van der Waals surface area (Å²) in [5.74, 6) is -0.0111. The van der Waals surface area contributed by atoms with Crippen LogP contribution in [0.15, 0.2) is 24.3 Å². The van der Waals surface area contributed by atoms with E-state index in [2.05, 4.69) is 43.5 Å². The summed E-state index contributed by atoms with van der Waals surface area (Å²) in [5, 5.41) is 23.3. The maximum Gasteiger partial charge on any atom is 0.305 e. The SMILES string of the molecule is CCCCCCCC/C=C\CCCCCCCCCCCC(=O)OCCCCCCCCCCCCCC/C=C\CCCCCCCCCCCCCCCCCCCC(=O)NC(CO)C(O)CCCCCCCCCCCCCC. The average Bonchev–Trinajstić information content (AvgIpc) is 3.47. The lowest BCUT2D eigenvalue weighted by molar-refractivity contribution is -0.143. The zero-order valence-corrected chi connectivity index (χ0v) is 55.0. The predicted molar refractivity (Wildman–Crippen MR) is 356 cm³/mol. The molecule has 0 bridgehead atoms. The molecule has 0 radical (unpaired) electrons. The van der Waals surface area contributed by atoms with Gasteiger partial charge in [0.25, 0.3) is 0 Å². The maximum absolute atomic E-state index is 12.5. The Hall–Kier alpha value is -1.66. The van der Waals surface area contributed by atoms with Gasteiger partial charge in [0.2, 0.25) is 5.91 Å². The minimum atomic E-state index is -0.661. The summed E-state index contributed by atoms with van der Waals surface area (Å²) in [6, 6.07) is -0.538. The van der Waals surface area contributed by atoms with Crippen LogP contribution in [0.1, 0.15) is 418 Å². The lowest BCUT2D eigenvalue weighted by Gasteiger charge is -2.22. The van der Waals surface area contributed by atoms with Crippen molar-refractivity contribution in [2.75, 3.05) is 13.2 Å². The Morgan fingerprint density at radius 2 is 0.580 bits per heavy atom. The molecule has 2 atom stereocenters. The first-order chi connectivity index (χ1) is 40.0. The zero-order chi connectivity index (χ0) is 58.5. The van der Waals surface area contributed by atoms with Crippen LogP contribution in [-0.4, -0.2) is 47.4 Å². The molecule has 0 heterocycles. The van der Waals surface area contributed by atoms with E-state index in [-0.39, 0.29) is 18.5 Å². The van der Waals surface area contributed by atoms with Crippen molar-refractivity contribution in [1.82, 2.24) is 5.32 Å². The second-order valence-electron chi connectivity index (χ2n) is 25.6. The first-order valence-electron chi connectivity index (χ1n) is 37.1. The fourth-order valence-electron chi connectivity index (χ4n) is 11.8. The Morgan fingerprint density at radius 3 is 0.877 bits per heavy atom. The van der Waals surface area contributed by atoms with Gasteiger partial charge in [-0.25, -0.2) is 0 Å². The van der Waals surface area contributed by atoms with Crippen LogP contribution >= 0.6 is 0 Å². The molecule has 0 spiro atoms. The standard InChI is InChI=1S/C75H145NO5/c1-3-5-7-9-11-13-15-17-18-19-35-39-42-45-49-53-57-61-65-69-75(80)81-70-66-62-58-54-50-46-43-40-37-34-32-30-28-26-24-22-20-21-23-25-27-29-31-33-36-38-41-44-48-52-56-60-64-68-74(79)76-72(71-77)73(78)67-63-59-55-51-47-16-14-12-10-8-6-4-2/h17-18,24,26,72-73,77-78H,3-16,19-23,25,27-71H2,1-2H3,(H,76,79)/b18-17-,26-24-. The quantitative estimate of drug-likeness (QED) is 0.0320. The third kappa shape index (κ3) is 67.3. The van der Waals surface area contributed by atoms with Gasteiger partial charge in [0.15, 0.2) is 0 Å². The van der Waals surface area contributed by atoms with E-state index in [1.807, 2.05) is 0 Å². The first kappa shape index (κ1) is 79.3. The van der Waals surface area contributed by atoms with E-state index in [1.54, 1.807) is 0 Å². The molecule has 0 aliphatic carbocycles. The molecule has 0 aromatic heterocycles. The van der Waals surface area contributed by atoms with E-state index in [0.717, 1.165) is 38.5 Å². The van der Waals surface area contributed by atoms with Gasteiger partial charge in [-0.2, -0.15) is 0 Å². The fraction of sp³-hybridized carbons (Fsp3) is 0.920. The van der Waals surface area contributed by atoms with Crippen LogP contribution in [0.25, 0.3) is 0 Å². The summed E-state index contributed by atoms with van der Waals surface area (Å²) in [5.41, 5.74) is 0. The molecule has 81 heavy (non-hydrogen) atoms. The second kappa shape index (κ2) is 70.8. The molecule has 0 aromatic carbocycles. The molecule has 1 amide bonds. The Morgan fingerprint density at radius 1 is 0.333 bits per heavy atom. The highest BCUT2D eigenvalue weighted by molar-refractivity contribution is 5.76. The van der Waals surface area contributed by atoms with Gasteiger partial charge in [-0.15, -0.1) is 0 Å². The summed E-state index contributed by atoms with van der Waals surface area (Å²) >= 11 is 0. The van der Waals surface area contributed by atoms with Crippen LogP contribution in [0, 0.1) is 0 Å². The lowest BCUT2D eigenvalue weighted by atomic mass is 10.0. The monoisotopic (exact) mass is 1140 g/mol. The largest absolute Gasteiger partial charge is 0.466 e. The van der Waals surface area contributed by atoms with E-state index < -0.39 is 12.1 Å². The Kier molecular flexibility index (Phi) is 69.4. The number of amides is 1. The van der Waals surface area contributed by atoms with Crippen molar-refractivity contribution in [2.24, 2.45) is 0 Å². The Balaban J connectivity index is 3.32. The van der Waals surface area contributed by atoms with Gasteiger partial charge in [-0.05, 0) is 77.0 Å². The molecule has 0 saturated heterocycles. The van der Waals surface area contributed by atoms with Crippen LogP contribution in [-0.2, 0) is 14.3 Å². The number of allylic oxidation sites excluding steroid dienone is 4. The molecule has 2 unspecified atom stereocenters. The molecule has 0 aliphatic heterocycles. The van der Waals surface area contributed by atoms with E-state index >= 15 is 0 Å². The minimum absolute atomic E-state index is 0.0190. The third-order valence-electron chi connectivity index (χ3n) is 17.5. The van der Waals surface area contributed by atoms with Gasteiger partial charge in [-0.3, -0.25) is 9.59 Å². The minimum Gasteiger partial charge on any atom is -0.466 e. The van der Waals surface area contributed by atoms with Crippen molar-refractivity contribution < 1.29 is 24.5 Å². The highest BCUT2D eigenvalue weighted by Crippen LogP contribution is 2.19. The first-order valence-corrected chi connectivity index (χ1v) is 37.1. The van der Waals surface area contributed by atoms with Crippen molar-refractivity contribution in [3.05, 3.63) is 24.3 Å². The molecule has 6 heteroatoms. The molecule has 480 valence electrons. The topological polar surface area (TPSA) is 95.9 Å². The molecular formula is C75H145NO5. The van der Waals surface area contributed by atoms with E-state index in [0.29, 0.717) is 25.9 Å². The van der Waals surface area contributed by atoms with Crippen LogP contribution in [0.5, 0.6) is 0 Å². The average molecular weight is 1140 g/mol. The Labute approximate surface area is 507 Å². The van der Waals surface area contributed by atoms with Gasteiger partial charge >= 0.3 is 5.97 Å². The number of rotatable bonds is 70. The van der Waals surface area contributed by atoms with Crippen LogP contribution in [0.3, 0.4) is 0 Å². The van der Waals surface area contributed by atoms with Crippen molar-refractivity contribution in [3.63, 3.8) is 0 Å². The summed E-state index contributed by atoms with van der Waals surface area (Å²) in [7, 11) is 0. The molecule has 0 aromatic rings. The highest BCUT2D eigenvalue weighted by Gasteiger charge is 2.20. The van der Waals surface area contributed by atoms with Crippen molar-refractivity contribution in [1.29, 1.82) is 0 Å². The third-order valence-corrected chi connectivity index (χ3v) is 17.5. The number of aliphatic hydroxyl groups is 2. The maximum atomic E-state index is 12.5. The molecule has 0 rings (SSSR count). The number of unbranched alkanes of at least 4 members (excludes halogenated alkanes) is 55. The molecule has 6 nitrogen and oxygen atoms in total. The molecule has 0 aliphatic rings. The number of carbonyl (C=O) groups excluding carboxylic acids is 2. The van der Waals surface area contributed by atoms with E-state index in [9.17, 15) is 19.8 Å². The lowest BCUT2D eigenvalue weighted by Crippen LogP contribution is -2.45. The van der Waals surface area contributed by atoms with Crippen LogP contribution in [0.2, 0.25) is 0 Å². The van der Waals surface area contributed by atoms with Gasteiger partial charge in [0, 0.05) is 12.8 Å². The van der Waals surface area contributed by atoms with E-state index in [4.69, 9.17) is 4.74 Å². The number of aliphatic hydroxyl groups excluding tert-OH is 2. The summed E-state index contributed by atoms with van der Waals surface area (Å²) in [4.78, 5) is 24.6. The molecular weight excluding hydrogens is 995 g/mol. The second-order valence-corrected chi connectivity index (χ2v) is 25.6. The van der Waals surface area contributed by atoms with Gasteiger partial charge < -0.3 is 20.3 Å². The number of nitrogens with one attached hydrogen (secondary N) is 1. The van der Waals surface area contributed by atoms with Crippen molar-refractivity contribution >= 4 is 11.9 Å². The van der Waals surface area contributed by atoms with Crippen molar-refractivity contribution in [2.45, 2.75) is 431 Å². The number of hydrogen-bond acceptors (Lipinski definition) is 5. The molecule has 0 saturated carbocycles. The predicted octanol–water partition coefficient (Wildman–Crippen LogP) is 24.1. The summed E-state index contributed by atoms with van der Waals surface area (Å²) in [6.45, 7) is 4.98. The van der Waals surface area contributed by atoms with Gasteiger partial charge in [0.05, 0.1) is 25.4 Å². The smallest absolute Gasteiger partial charge is 0.305 e. The summed E-state index contributed by atoms with van der Waals surface area (Å²) < 4.78 is 5.51. The van der Waals surface area contributed by atoms with E-state index in [1.165, 1.54) is 347 Å². The summed E-state index contributed by atoms with van der Waals surface area (Å²) in [6.07, 6.45) is 89.7. The highest BCUT2D eigenvalue weighted by atomic mass is 16.5. The van der Waals surface area contributed by atoms with Gasteiger partial charge in [0.1, 0.15) is 0 Å². The fourth-order valence-corrected chi connectivity index (χ4v) is 11.8. The van der Waals surface area contributed by atoms with Crippen LogP contribution < -0.4 is 5.32 Å². The molecule has 3 N–H and O–H groups in total. The van der Waals surface area contributed by atoms with Crippen molar-refractivity contribution in [3.8, 4) is 0 Å². The Bertz CT molecular complexity index is 1270. The molecule has 0 fully saturated rings. The van der Waals surface area contributed by atoms with Gasteiger partial charge in [-0.1, -0.05) is 353 Å². The number of esters is 1. The number of ether oxygens (including phenoxy) is 1. The number of hydrogen-bond donors (Lipinski definition) is 3.